The van der Waals surface area contributed by atoms with E-state index in [4.69, 9.17) is 41.5 Å². The predicted molar refractivity (Wildman–Crippen MR) is 215 cm³/mol. The van der Waals surface area contributed by atoms with E-state index >= 15 is 0 Å². The summed E-state index contributed by atoms with van der Waals surface area (Å²) in [4.78, 5) is 35.1. The Morgan fingerprint density at radius 2 is 1.36 bits per heavy atom. The highest BCUT2D eigenvalue weighted by Gasteiger charge is 2.40. The van der Waals surface area contributed by atoms with E-state index in [1.54, 1.807) is 30.3 Å². The molecule has 1 fully saturated rings. The second-order valence-corrected chi connectivity index (χ2v) is 14.4. The maximum absolute atomic E-state index is 12.6. The first kappa shape index (κ1) is 40.1. The van der Waals surface area contributed by atoms with Gasteiger partial charge in [-0.1, -0.05) is 79.0 Å². The van der Waals surface area contributed by atoms with E-state index in [9.17, 15) is 14.7 Å². The average molecular weight is 797 g/mol. The Bertz CT molecular complexity index is 2240. The number of rotatable bonds is 12. The number of amides is 1. The summed E-state index contributed by atoms with van der Waals surface area (Å²) in [5, 5.41) is 11.1. The van der Waals surface area contributed by atoms with Crippen LogP contribution >= 0.6 is 23.2 Å². The molecule has 56 heavy (non-hydrogen) atoms. The predicted octanol–water partition coefficient (Wildman–Crippen LogP) is 10.6. The van der Waals surface area contributed by atoms with Crippen LogP contribution in [0.25, 0.3) is 22.9 Å². The largest absolute Gasteiger partial charge is 0.493 e. The second-order valence-electron chi connectivity index (χ2n) is 13.6. The number of aryl methyl sites for hydroxylation is 3. The van der Waals surface area contributed by atoms with Gasteiger partial charge in [-0.05, 0) is 98.8 Å². The Balaban J connectivity index is 0.000000277. The molecule has 2 atom stereocenters. The lowest BCUT2D eigenvalue weighted by atomic mass is 9.90. The van der Waals surface area contributed by atoms with Crippen LogP contribution in [0.1, 0.15) is 41.8 Å². The van der Waals surface area contributed by atoms with Crippen molar-refractivity contribution in [1.82, 2.24) is 14.9 Å². The van der Waals surface area contributed by atoms with E-state index < -0.39 is 18.0 Å². The molecular formula is C44H43Cl2N3O7. The molecule has 3 heterocycles. The minimum Gasteiger partial charge on any atom is -0.493 e. The van der Waals surface area contributed by atoms with Crippen molar-refractivity contribution in [2.45, 2.75) is 46.5 Å². The van der Waals surface area contributed by atoms with Crippen molar-refractivity contribution in [3.8, 4) is 34.4 Å². The van der Waals surface area contributed by atoms with Gasteiger partial charge in [0.2, 0.25) is 11.8 Å². The molecule has 1 saturated heterocycles. The van der Waals surface area contributed by atoms with Gasteiger partial charge in [-0.15, -0.1) is 0 Å². The number of carboxylic acid groups (broad SMARTS) is 1. The minimum atomic E-state index is -0.915. The van der Waals surface area contributed by atoms with Crippen LogP contribution < -0.4 is 9.47 Å². The first-order valence-corrected chi connectivity index (χ1v) is 19.2. The lowest BCUT2D eigenvalue weighted by Gasteiger charge is -2.16. The summed E-state index contributed by atoms with van der Waals surface area (Å²) in [5.74, 6) is 2.14. The van der Waals surface area contributed by atoms with Gasteiger partial charge in [0, 0.05) is 40.7 Å². The van der Waals surface area contributed by atoms with Gasteiger partial charge in [-0.2, -0.15) is 0 Å². The highest BCUT2D eigenvalue weighted by atomic mass is 35.5. The number of benzene rings is 4. The minimum absolute atomic E-state index is 0.118. The van der Waals surface area contributed by atoms with Crippen molar-refractivity contribution in [3.05, 3.63) is 142 Å². The summed E-state index contributed by atoms with van der Waals surface area (Å²) >= 11 is 12.0. The van der Waals surface area contributed by atoms with E-state index in [0.29, 0.717) is 59.3 Å². The highest BCUT2D eigenvalue weighted by molar-refractivity contribution is 6.31. The van der Waals surface area contributed by atoms with Crippen molar-refractivity contribution in [2.24, 2.45) is 11.8 Å². The fourth-order valence-electron chi connectivity index (χ4n) is 6.50. The third kappa shape index (κ3) is 10.6. The number of likely N-dealkylation sites (tertiary alicyclic amines) is 1. The molecular weight excluding hydrogens is 753 g/mol. The third-order valence-corrected chi connectivity index (χ3v) is 9.88. The van der Waals surface area contributed by atoms with Crippen molar-refractivity contribution in [2.75, 3.05) is 19.7 Å². The van der Waals surface area contributed by atoms with Gasteiger partial charge >= 0.3 is 12.1 Å². The van der Waals surface area contributed by atoms with Gasteiger partial charge in [-0.25, -0.2) is 14.8 Å². The summed E-state index contributed by atoms with van der Waals surface area (Å²) in [6, 6.07) is 31.3. The van der Waals surface area contributed by atoms with Crippen molar-refractivity contribution < 1.29 is 33.0 Å². The molecule has 6 aromatic rings. The quantitative estimate of drug-likeness (QED) is 0.129. The van der Waals surface area contributed by atoms with Crippen LogP contribution in [-0.2, 0) is 24.1 Å². The van der Waals surface area contributed by atoms with Crippen LogP contribution in [-0.4, -0.2) is 51.7 Å². The topological polar surface area (TPSA) is 128 Å². The van der Waals surface area contributed by atoms with Crippen LogP contribution in [0.2, 0.25) is 10.0 Å². The van der Waals surface area contributed by atoms with Gasteiger partial charge in [0.25, 0.3) is 0 Å². The van der Waals surface area contributed by atoms with Gasteiger partial charge in [-0.3, -0.25) is 4.79 Å². The summed E-state index contributed by atoms with van der Waals surface area (Å²) in [6.07, 6.45) is 2.59. The molecule has 0 aliphatic carbocycles. The first-order valence-electron chi connectivity index (χ1n) is 18.5. The Kier molecular flexibility index (Phi) is 13.5. The zero-order valence-corrected chi connectivity index (χ0v) is 32.9. The number of ether oxygens (including phenoxy) is 2. The van der Waals surface area contributed by atoms with E-state index in [1.807, 2.05) is 86.6 Å². The summed E-state index contributed by atoms with van der Waals surface area (Å²) in [6.45, 7) is 6.81. The number of para-hydroxylation sites is 1. The maximum Gasteiger partial charge on any atom is 0.415 e. The second kappa shape index (κ2) is 18.8. The molecule has 1 N–H and O–H groups in total. The number of carbonyl (C=O) groups is 2. The molecule has 0 spiro atoms. The first-order chi connectivity index (χ1) is 27.1. The van der Waals surface area contributed by atoms with Crippen LogP contribution in [0, 0.1) is 25.7 Å². The molecule has 2 aromatic heterocycles. The number of carbonyl (C=O) groups excluding carboxylic acids is 1. The number of halogens is 2. The van der Waals surface area contributed by atoms with Crippen molar-refractivity contribution in [1.29, 1.82) is 0 Å². The fourth-order valence-corrected chi connectivity index (χ4v) is 6.88. The van der Waals surface area contributed by atoms with Crippen molar-refractivity contribution >= 4 is 35.3 Å². The highest BCUT2D eigenvalue weighted by Crippen LogP contribution is 2.30. The van der Waals surface area contributed by atoms with Crippen LogP contribution in [0.4, 0.5) is 4.79 Å². The third-order valence-electron chi connectivity index (χ3n) is 9.41. The Labute approximate surface area is 336 Å². The molecule has 4 aromatic carbocycles. The van der Waals surface area contributed by atoms with Crippen LogP contribution in [0.15, 0.2) is 112 Å². The van der Waals surface area contributed by atoms with E-state index in [0.717, 1.165) is 52.4 Å². The number of carboxylic acids is 1. The van der Waals surface area contributed by atoms with E-state index in [1.165, 1.54) is 4.90 Å². The zero-order valence-electron chi connectivity index (χ0n) is 31.4. The monoisotopic (exact) mass is 795 g/mol. The van der Waals surface area contributed by atoms with Crippen LogP contribution in [0.3, 0.4) is 0 Å². The fraction of sp³-hybridized carbons (Fsp3) is 0.273. The van der Waals surface area contributed by atoms with E-state index in [-0.39, 0.29) is 12.5 Å². The number of hydrogen-bond donors (Lipinski definition) is 1. The number of hydrogen-bond acceptors (Lipinski definition) is 8. The normalized spacial score (nSPS) is 14.9. The summed E-state index contributed by atoms with van der Waals surface area (Å²) in [7, 11) is 0. The SMILES string of the molecule is CCCc1nc(-c2cccc(Cl)c2)oc1C.Cc1oc(-c2cccc(Cl)c2)nc1CCOc1ccc(C[C@@H]2CN(C(=O)Oc3ccccc3)C[C@@H]2C(=O)O)cc1. The number of oxazole rings is 2. The number of aromatic nitrogens is 2. The average Bonchev–Trinajstić information content (AvgIpc) is 3.90. The van der Waals surface area contributed by atoms with E-state index in [2.05, 4.69) is 16.9 Å². The molecule has 7 rings (SSSR count). The van der Waals surface area contributed by atoms with Crippen molar-refractivity contribution in [3.63, 3.8) is 0 Å². The number of nitrogens with zero attached hydrogens (tertiary/aromatic N) is 3. The summed E-state index contributed by atoms with van der Waals surface area (Å²) < 4.78 is 22.8. The maximum atomic E-state index is 12.6. The van der Waals surface area contributed by atoms with Gasteiger partial charge in [0.15, 0.2) is 0 Å². The number of aliphatic carboxylic acids is 1. The zero-order chi connectivity index (χ0) is 39.6. The van der Waals surface area contributed by atoms with Gasteiger partial charge in [0.1, 0.15) is 23.0 Å². The molecule has 0 radical (unpaired) electrons. The molecule has 0 saturated carbocycles. The van der Waals surface area contributed by atoms with Gasteiger partial charge < -0.3 is 28.3 Å². The summed E-state index contributed by atoms with van der Waals surface area (Å²) in [5.41, 5.74) is 4.58. The lowest BCUT2D eigenvalue weighted by Crippen LogP contribution is -2.32. The lowest BCUT2D eigenvalue weighted by molar-refractivity contribution is -0.142. The molecule has 1 aliphatic heterocycles. The molecule has 1 aliphatic rings. The smallest absolute Gasteiger partial charge is 0.415 e. The molecule has 12 heteroatoms. The van der Waals surface area contributed by atoms with Crippen LogP contribution in [0.5, 0.6) is 11.5 Å². The molecule has 10 nitrogen and oxygen atoms in total. The Hall–Kier alpha value is -5.58. The molecule has 290 valence electrons. The molecule has 0 unspecified atom stereocenters. The molecule has 1 amide bonds. The standard InChI is InChI=1S/C31H29ClN2O6.C13H14ClNO/c1-20-28(33-29(39-20)22-6-5-7-24(32)17-22)14-15-38-25-12-10-21(11-13-25)16-23-18-34(19-27(23)30(35)36)31(37)40-26-8-3-2-4-9-26;1-3-5-12-9(2)16-13(15-12)10-6-4-7-11(14)8-10/h2-13,17,23,27H,14-16,18-19H2,1H3,(H,35,36);4,6-8H,3,5H2,1-2H3/t23-,27+;/m1./s1. The Morgan fingerprint density at radius 3 is 1.91 bits per heavy atom. The molecule has 0 bridgehead atoms. The Morgan fingerprint density at radius 1 is 0.768 bits per heavy atom. The van der Waals surface area contributed by atoms with Gasteiger partial charge in [0.05, 0.1) is 23.9 Å².